The van der Waals surface area contributed by atoms with E-state index in [-0.39, 0.29) is 0 Å². The highest BCUT2D eigenvalue weighted by Crippen LogP contribution is 2.44. The first-order chi connectivity index (χ1) is 30.2. The summed E-state index contributed by atoms with van der Waals surface area (Å²) in [5.41, 5.74) is 12.1. The maximum Gasteiger partial charge on any atom is 0.164 e. The molecule has 8 aromatic carbocycles. The largest absolute Gasteiger partial charge is 0.228 e. The van der Waals surface area contributed by atoms with E-state index in [0.717, 1.165) is 67.0 Å². The van der Waals surface area contributed by atoms with Crippen LogP contribution in [-0.2, 0) is 0 Å². The Hall–Kier alpha value is -7.93. The van der Waals surface area contributed by atoms with Crippen molar-refractivity contribution in [3.05, 3.63) is 212 Å². The Morgan fingerprint density at radius 2 is 0.705 bits per heavy atom. The first-order valence-electron chi connectivity index (χ1n) is 20.2. The Labute approximate surface area is 357 Å². The average Bonchev–Trinajstić information content (AvgIpc) is 3.73. The van der Waals surface area contributed by atoms with Crippen LogP contribution < -0.4 is 0 Å². The monoisotopic (exact) mass is 797 g/mol. The van der Waals surface area contributed by atoms with Gasteiger partial charge in [-0.2, -0.15) is 0 Å². The van der Waals surface area contributed by atoms with Crippen molar-refractivity contribution in [1.29, 1.82) is 0 Å². The molecule has 61 heavy (non-hydrogen) atoms. The summed E-state index contributed by atoms with van der Waals surface area (Å²) >= 11 is 1.83. The van der Waals surface area contributed by atoms with Crippen molar-refractivity contribution in [3.63, 3.8) is 0 Å². The van der Waals surface area contributed by atoms with Gasteiger partial charge in [0.25, 0.3) is 0 Å². The van der Waals surface area contributed by atoms with Gasteiger partial charge in [0.2, 0.25) is 0 Å². The van der Waals surface area contributed by atoms with Crippen molar-refractivity contribution in [2.75, 3.05) is 0 Å². The van der Waals surface area contributed by atoms with Crippen LogP contribution in [0, 0.1) is 0 Å². The number of rotatable bonds is 8. The minimum atomic E-state index is 0.626. The third-order valence-corrected chi connectivity index (χ3v) is 12.1. The van der Waals surface area contributed by atoms with Gasteiger partial charge in [0.15, 0.2) is 23.3 Å². The van der Waals surface area contributed by atoms with Gasteiger partial charge in [0.05, 0.1) is 11.4 Å². The zero-order chi connectivity index (χ0) is 40.5. The van der Waals surface area contributed by atoms with Crippen LogP contribution in [0.3, 0.4) is 0 Å². The predicted octanol–water partition coefficient (Wildman–Crippen LogP) is 14.4. The second-order valence-corrected chi connectivity index (χ2v) is 15.9. The quantitative estimate of drug-likeness (QED) is 0.153. The molecule has 0 amide bonds. The number of nitrogens with zero attached hydrogens (tertiary/aromatic N) is 5. The summed E-state index contributed by atoms with van der Waals surface area (Å²) in [7, 11) is 0. The van der Waals surface area contributed by atoms with E-state index in [4.69, 9.17) is 24.9 Å². The number of hydrogen-bond donors (Lipinski definition) is 0. The van der Waals surface area contributed by atoms with Gasteiger partial charge < -0.3 is 0 Å². The number of thiophene rings is 1. The van der Waals surface area contributed by atoms with Crippen molar-refractivity contribution in [3.8, 4) is 90.3 Å². The van der Waals surface area contributed by atoms with Crippen molar-refractivity contribution in [1.82, 2.24) is 24.9 Å². The molecule has 0 radical (unpaired) electrons. The van der Waals surface area contributed by atoms with Crippen LogP contribution in [0.2, 0.25) is 0 Å². The lowest BCUT2D eigenvalue weighted by Gasteiger charge is -2.13. The summed E-state index contributed by atoms with van der Waals surface area (Å²) < 4.78 is 2.49. The molecule has 0 atom stereocenters. The van der Waals surface area contributed by atoms with E-state index in [1.807, 2.05) is 108 Å². The molecule has 3 aromatic heterocycles. The number of benzene rings is 8. The fourth-order valence-corrected chi connectivity index (χ4v) is 9.12. The molecule has 0 aliphatic rings. The topological polar surface area (TPSA) is 64.5 Å². The van der Waals surface area contributed by atoms with Crippen LogP contribution in [0.25, 0.3) is 110 Å². The van der Waals surface area contributed by atoms with E-state index < -0.39 is 0 Å². The molecule has 0 N–H and O–H groups in total. The highest BCUT2D eigenvalue weighted by atomic mass is 32.1. The Kier molecular flexibility index (Phi) is 9.30. The van der Waals surface area contributed by atoms with Crippen LogP contribution in [0.15, 0.2) is 212 Å². The molecule has 11 aromatic rings. The van der Waals surface area contributed by atoms with Crippen molar-refractivity contribution < 1.29 is 0 Å². The second kappa shape index (κ2) is 15.7. The van der Waals surface area contributed by atoms with Gasteiger partial charge in [0.1, 0.15) is 0 Å². The van der Waals surface area contributed by atoms with Gasteiger partial charge in [-0.25, -0.2) is 24.9 Å². The van der Waals surface area contributed by atoms with Gasteiger partial charge in [-0.05, 0) is 53.1 Å². The molecule has 3 heterocycles. The third kappa shape index (κ3) is 7.16. The summed E-state index contributed by atoms with van der Waals surface area (Å²) in [4.78, 5) is 25.2. The summed E-state index contributed by atoms with van der Waals surface area (Å²) in [6, 6.07) is 73.5. The fraction of sp³-hybridized carbons (Fsp3) is 0. The van der Waals surface area contributed by atoms with Gasteiger partial charge in [0, 0.05) is 59.1 Å². The molecule has 0 aliphatic carbocycles. The molecule has 0 fully saturated rings. The van der Waals surface area contributed by atoms with Crippen LogP contribution in [0.5, 0.6) is 0 Å². The molecular formula is C55H35N5S. The van der Waals surface area contributed by atoms with Gasteiger partial charge in [-0.15, -0.1) is 11.3 Å². The van der Waals surface area contributed by atoms with Crippen molar-refractivity contribution >= 4 is 31.5 Å². The first kappa shape index (κ1) is 36.2. The number of aromatic nitrogens is 5. The van der Waals surface area contributed by atoms with E-state index in [1.54, 1.807) is 0 Å². The normalized spacial score (nSPS) is 11.3. The molecule has 0 bridgehead atoms. The number of fused-ring (bicyclic) bond motifs is 3. The van der Waals surface area contributed by atoms with E-state index >= 15 is 0 Å². The zero-order valence-electron chi connectivity index (χ0n) is 32.9. The Bertz CT molecular complexity index is 3230. The van der Waals surface area contributed by atoms with E-state index in [0.29, 0.717) is 23.3 Å². The van der Waals surface area contributed by atoms with E-state index in [9.17, 15) is 0 Å². The Balaban J connectivity index is 1.06. The fourth-order valence-electron chi connectivity index (χ4n) is 7.90. The van der Waals surface area contributed by atoms with Crippen molar-refractivity contribution in [2.45, 2.75) is 0 Å². The molecule has 5 nitrogen and oxygen atoms in total. The maximum atomic E-state index is 5.15. The first-order valence-corrected chi connectivity index (χ1v) is 21.1. The molecular weight excluding hydrogens is 763 g/mol. The standard InChI is InChI=1S/C55H35N5S/c1-5-17-36(18-6-1)48-35-49(57-52(56-48)37-19-7-2-8-20-37)42-27-15-25-40(31-42)44-33-46(51-47(34-44)45-29-13-14-30-50(45)61-51)41-26-16-28-43(32-41)55-59-53(38-21-9-3-10-22-38)58-54(60-55)39-23-11-4-12-24-39/h1-35H. The minimum absolute atomic E-state index is 0.626. The average molecular weight is 798 g/mol. The Morgan fingerprint density at radius 1 is 0.262 bits per heavy atom. The second-order valence-electron chi connectivity index (χ2n) is 14.9. The zero-order valence-corrected chi connectivity index (χ0v) is 33.7. The molecule has 11 rings (SSSR count). The Morgan fingerprint density at radius 3 is 1.33 bits per heavy atom. The van der Waals surface area contributed by atoms with Gasteiger partial charge in [-0.3, -0.25) is 0 Å². The lowest BCUT2D eigenvalue weighted by Crippen LogP contribution is -2.00. The van der Waals surface area contributed by atoms with Crippen LogP contribution >= 0.6 is 11.3 Å². The smallest absolute Gasteiger partial charge is 0.164 e. The maximum absolute atomic E-state index is 5.15. The SMILES string of the molecule is c1ccc(-c2cc(-c3cccc(-c4cc(-c5cccc(-c6nc(-c7ccccc7)nc(-c7ccccc7)n6)c5)c5sc6ccccc6c5c4)c3)nc(-c3ccccc3)n2)cc1. The van der Waals surface area contributed by atoms with E-state index in [1.165, 1.54) is 20.2 Å². The molecule has 0 spiro atoms. The van der Waals surface area contributed by atoms with Gasteiger partial charge >= 0.3 is 0 Å². The van der Waals surface area contributed by atoms with Crippen molar-refractivity contribution in [2.24, 2.45) is 0 Å². The van der Waals surface area contributed by atoms with E-state index in [2.05, 4.69) is 115 Å². The van der Waals surface area contributed by atoms with Crippen LogP contribution in [0.1, 0.15) is 0 Å². The third-order valence-electron chi connectivity index (χ3n) is 10.9. The minimum Gasteiger partial charge on any atom is -0.228 e. The molecule has 286 valence electrons. The lowest BCUT2D eigenvalue weighted by atomic mass is 9.94. The highest BCUT2D eigenvalue weighted by Gasteiger charge is 2.18. The predicted molar refractivity (Wildman–Crippen MR) is 252 cm³/mol. The molecule has 0 aliphatic heterocycles. The molecule has 6 heteroatoms. The lowest BCUT2D eigenvalue weighted by molar-refractivity contribution is 1.07. The molecule has 0 unspecified atom stereocenters. The van der Waals surface area contributed by atoms with Crippen LogP contribution in [0.4, 0.5) is 0 Å². The summed E-state index contributed by atoms with van der Waals surface area (Å²) in [6.07, 6.45) is 0. The summed E-state index contributed by atoms with van der Waals surface area (Å²) in [5.74, 6) is 2.60. The number of hydrogen-bond acceptors (Lipinski definition) is 6. The molecule has 0 saturated heterocycles. The molecule has 0 saturated carbocycles. The van der Waals surface area contributed by atoms with Gasteiger partial charge in [-0.1, -0.05) is 176 Å². The highest BCUT2D eigenvalue weighted by molar-refractivity contribution is 7.26. The summed E-state index contributed by atoms with van der Waals surface area (Å²) in [6.45, 7) is 0. The summed E-state index contributed by atoms with van der Waals surface area (Å²) in [5, 5.41) is 2.47. The van der Waals surface area contributed by atoms with Crippen LogP contribution in [-0.4, -0.2) is 24.9 Å².